The van der Waals surface area contributed by atoms with E-state index in [1.54, 1.807) is 24.1 Å². The summed E-state index contributed by atoms with van der Waals surface area (Å²) >= 11 is 5.24. The molecule has 0 saturated carbocycles. The zero-order valence-electron chi connectivity index (χ0n) is 38.7. The number of thiazole rings is 1. The van der Waals surface area contributed by atoms with Gasteiger partial charge in [0.1, 0.15) is 16.5 Å². The normalized spacial score (nSPS) is 17.3. The van der Waals surface area contributed by atoms with Crippen molar-refractivity contribution in [2.24, 2.45) is 23.7 Å². The quantitative estimate of drug-likeness (QED) is 0.0250. The molecule has 65 heavy (non-hydrogen) atoms. The minimum absolute atomic E-state index is 0.00316. The number of amides is 3. The number of carbonyl (C=O) groups excluding carboxylic acids is 5. The Hall–Kier alpha value is -3.91. The Kier molecular flexibility index (Phi) is 22.5. The van der Waals surface area contributed by atoms with Crippen LogP contribution in [-0.2, 0) is 44.2 Å². The highest BCUT2D eigenvalue weighted by atomic mass is 32.1. The van der Waals surface area contributed by atoms with Crippen molar-refractivity contribution in [2.45, 2.75) is 130 Å². The third-order valence-electron chi connectivity index (χ3n) is 11.8. The maximum atomic E-state index is 14.4. The zero-order valence-corrected chi connectivity index (χ0v) is 41.3. The second-order valence-corrected chi connectivity index (χ2v) is 19.8. The number of nitrogens with one attached hydrogen (secondary N) is 2. The van der Waals surface area contributed by atoms with E-state index >= 15 is 0 Å². The number of hydrogen-bond donors (Lipinski definition) is 6. The molecule has 364 valence electrons. The topological polar surface area (TPSA) is 251 Å². The summed E-state index contributed by atoms with van der Waals surface area (Å²) in [6.07, 6.45) is 3.54. The summed E-state index contributed by atoms with van der Waals surface area (Å²) in [7, 11) is -1.19. The second kappa shape index (κ2) is 26.4. The molecular formula is C44H68N5O13PS2. The first-order valence-electron chi connectivity index (χ1n) is 22.1. The maximum absolute atomic E-state index is 14.4. The molecule has 1 saturated heterocycles. The molecular weight excluding hydrogens is 902 g/mol. The lowest BCUT2D eigenvalue weighted by Gasteiger charge is -2.37. The Labute approximate surface area is 391 Å². The number of esters is 1. The standard InChI is InChI=1S/C44H68N5O13PS2/c1-9-27(4)32(22-37(51)35-13-10-11-17-48(35)7)43(54)49(8)36(26(2)3)23-39(62-29(6)50)42-47-34(24-65-42)41(53)45-31(19-28(5)44(55)56)20-30-15-16-38(60-25-61-63(57,58)59)33(21-30)46-40(52)14-12-18-64/h15-16,21,24,26-28,31-32,35-36,39,64H,9-14,17-20,22-23,25H2,1-8H3,(H,45,53)(H,46,52)(H,55,56)(H2,57,58,59)/t27-,28?,31+,32-,35?,36+,39+/m0/s1. The number of Topliss-reactive ketones (excluding diaryl/α,β-unsaturated/α-hetero) is 1. The summed E-state index contributed by atoms with van der Waals surface area (Å²) in [5.74, 6) is -3.85. The van der Waals surface area contributed by atoms with Crippen LogP contribution in [0.4, 0.5) is 5.69 Å². The lowest BCUT2D eigenvalue weighted by atomic mass is 9.83. The molecule has 2 unspecified atom stereocenters. The van der Waals surface area contributed by atoms with Crippen LogP contribution in [0.15, 0.2) is 23.6 Å². The van der Waals surface area contributed by atoms with Crippen molar-refractivity contribution in [3.05, 3.63) is 39.8 Å². The molecule has 1 aromatic carbocycles. The SMILES string of the molecule is CC[C@H](C)[C@H](CC(=O)C1CCCCN1C)C(=O)N(C)[C@H](C[C@@H](OC(C)=O)c1nc(C(=O)N[C@@H](Cc2ccc(OCOP(=O)(O)O)c(NC(=O)CCCS)c2)CC(C)C(=O)O)cs1)C(C)C. The summed E-state index contributed by atoms with van der Waals surface area (Å²) in [4.78, 5) is 106. The zero-order chi connectivity index (χ0) is 48.6. The molecule has 1 aliphatic rings. The van der Waals surface area contributed by atoms with Gasteiger partial charge in [-0.15, -0.1) is 11.3 Å². The molecule has 0 aliphatic carbocycles. The molecule has 0 spiro atoms. The first-order chi connectivity index (χ1) is 30.5. The van der Waals surface area contributed by atoms with E-state index in [9.17, 15) is 38.4 Å². The fourth-order valence-electron chi connectivity index (χ4n) is 7.92. The van der Waals surface area contributed by atoms with Crippen molar-refractivity contribution in [3.63, 3.8) is 0 Å². The Bertz CT molecular complexity index is 1980. The Morgan fingerprint density at radius 1 is 1.09 bits per heavy atom. The number of carboxylic acid groups (broad SMARTS) is 1. The van der Waals surface area contributed by atoms with Crippen molar-refractivity contribution >= 4 is 72.9 Å². The highest BCUT2D eigenvalue weighted by Crippen LogP contribution is 2.37. The summed E-state index contributed by atoms with van der Waals surface area (Å²) in [6, 6.07) is 3.16. The van der Waals surface area contributed by atoms with E-state index in [1.807, 2.05) is 34.7 Å². The largest absolute Gasteiger partial charge is 0.481 e. The molecule has 1 fully saturated rings. The van der Waals surface area contributed by atoms with Crippen LogP contribution in [0, 0.1) is 23.7 Å². The monoisotopic (exact) mass is 969 g/mol. The van der Waals surface area contributed by atoms with E-state index in [2.05, 4.69) is 37.7 Å². The number of benzene rings is 1. The summed E-state index contributed by atoms with van der Waals surface area (Å²) in [5, 5.41) is 17.2. The first kappa shape index (κ1) is 55.4. The number of carbonyl (C=O) groups is 6. The number of carboxylic acids is 1. The van der Waals surface area contributed by atoms with Crippen LogP contribution in [-0.4, -0.2) is 116 Å². The van der Waals surface area contributed by atoms with Crippen molar-refractivity contribution in [3.8, 4) is 5.75 Å². The van der Waals surface area contributed by atoms with Crippen molar-refractivity contribution in [1.82, 2.24) is 20.1 Å². The summed E-state index contributed by atoms with van der Waals surface area (Å²) in [6.45, 7) is 10.7. The van der Waals surface area contributed by atoms with Gasteiger partial charge < -0.3 is 39.9 Å². The number of ketones is 1. The molecule has 2 heterocycles. The lowest BCUT2D eigenvalue weighted by Crippen LogP contribution is -2.48. The van der Waals surface area contributed by atoms with E-state index in [4.69, 9.17) is 19.3 Å². The molecule has 3 rings (SSSR count). The van der Waals surface area contributed by atoms with Gasteiger partial charge in [0.05, 0.1) is 17.6 Å². The molecule has 0 radical (unpaired) electrons. The van der Waals surface area contributed by atoms with Gasteiger partial charge in [-0.1, -0.05) is 53.5 Å². The minimum Gasteiger partial charge on any atom is -0.481 e. The van der Waals surface area contributed by atoms with Gasteiger partial charge in [-0.3, -0.25) is 33.7 Å². The predicted octanol–water partition coefficient (Wildman–Crippen LogP) is 6.27. The van der Waals surface area contributed by atoms with Crippen LogP contribution in [0.5, 0.6) is 5.75 Å². The van der Waals surface area contributed by atoms with Crippen molar-refractivity contribution in [1.29, 1.82) is 0 Å². The molecule has 3 amide bonds. The molecule has 0 bridgehead atoms. The van der Waals surface area contributed by atoms with E-state index in [1.165, 1.54) is 25.3 Å². The summed E-state index contributed by atoms with van der Waals surface area (Å²) in [5.41, 5.74) is 0.699. The van der Waals surface area contributed by atoms with Gasteiger partial charge in [-0.25, -0.2) is 14.1 Å². The molecule has 2 aromatic rings. The van der Waals surface area contributed by atoms with Crippen LogP contribution in [0.3, 0.4) is 0 Å². The number of phosphoric ester groups is 1. The molecule has 1 aromatic heterocycles. The third kappa shape index (κ3) is 18.0. The van der Waals surface area contributed by atoms with Crippen LogP contribution >= 0.6 is 31.8 Å². The average molecular weight is 970 g/mol. The summed E-state index contributed by atoms with van der Waals surface area (Å²) < 4.78 is 26.8. The minimum atomic E-state index is -4.86. The fourth-order valence-corrected chi connectivity index (χ4v) is 9.10. The van der Waals surface area contributed by atoms with Gasteiger partial charge in [-0.2, -0.15) is 12.6 Å². The maximum Gasteiger partial charge on any atom is 0.472 e. The number of ether oxygens (including phenoxy) is 2. The van der Waals surface area contributed by atoms with Crippen LogP contribution in [0.25, 0.3) is 0 Å². The molecule has 5 N–H and O–H groups in total. The van der Waals surface area contributed by atoms with Gasteiger partial charge in [0, 0.05) is 56.6 Å². The number of thiol groups is 1. The van der Waals surface area contributed by atoms with Gasteiger partial charge in [0.25, 0.3) is 5.91 Å². The number of nitrogens with zero attached hydrogens (tertiary/aromatic N) is 3. The third-order valence-corrected chi connectivity index (χ3v) is 13.5. The number of piperidine rings is 1. The average Bonchev–Trinajstić information content (AvgIpc) is 3.73. The number of anilines is 1. The molecule has 7 atom stereocenters. The number of likely N-dealkylation sites (tertiary alicyclic amines) is 1. The number of aliphatic carboxylic acids is 1. The number of aromatic nitrogens is 1. The predicted molar refractivity (Wildman–Crippen MR) is 249 cm³/mol. The molecule has 18 nitrogen and oxygen atoms in total. The van der Waals surface area contributed by atoms with E-state index in [0.717, 1.165) is 37.1 Å². The highest BCUT2D eigenvalue weighted by molar-refractivity contribution is 7.80. The fraction of sp³-hybridized carbons (Fsp3) is 0.659. The van der Waals surface area contributed by atoms with Gasteiger partial charge in [-0.05, 0) is 81.0 Å². The number of likely N-dealkylation sites (N-methyl/N-ethyl adjacent to an activating group) is 1. The Morgan fingerprint density at radius 2 is 1.80 bits per heavy atom. The second-order valence-electron chi connectivity index (χ2n) is 17.3. The Balaban J connectivity index is 1.88. The smallest absolute Gasteiger partial charge is 0.472 e. The number of rotatable bonds is 27. The number of phosphoric acid groups is 1. The van der Waals surface area contributed by atoms with Gasteiger partial charge in [0.15, 0.2) is 18.7 Å². The van der Waals surface area contributed by atoms with Crippen molar-refractivity contribution in [2.75, 3.05) is 38.5 Å². The van der Waals surface area contributed by atoms with Crippen LogP contribution in [0.1, 0.15) is 126 Å². The van der Waals surface area contributed by atoms with E-state index in [-0.39, 0.29) is 84.7 Å². The van der Waals surface area contributed by atoms with Crippen molar-refractivity contribution < 1.29 is 62.2 Å². The highest BCUT2D eigenvalue weighted by Gasteiger charge is 2.38. The van der Waals surface area contributed by atoms with Crippen LogP contribution in [0.2, 0.25) is 0 Å². The lowest BCUT2D eigenvalue weighted by molar-refractivity contribution is -0.149. The molecule has 21 heteroatoms. The first-order valence-corrected chi connectivity index (χ1v) is 25.1. The van der Waals surface area contributed by atoms with E-state index in [0.29, 0.717) is 29.2 Å². The van der Waals surface area contributed by atoms with E-state index < -0.39 is 62.5 Å². The van der Waals surface area contributed by atoms with Gasteiger partial charge >= 0.3 is 19.8 Å². The molecule has 1 aliphatic heterocycles. The Morgan fingerprint density at radius 3 is 2.40 bits per heavy atom. The van der Waals surface area contributed by atoms with Gasteiger partial charge in [0.2, 0.25) is 11.8 Å². The number of hydrogen-bond acceptors (Lipinski definition) is 14. The van der Waals surface area contributed by atoms with Crippen LogP contribution < -0.4 is 15.4 Å².